The third-order valence-electron chi connectivity index (χ3n) is 4.59. The van der Waals surface area contributed by atoms with E-state index in [0.717, 1.165) is 12.8 Å². The van der Waals surface area contributed by atoms with Crippen LogP contribution >= 0.6 is 0 Å². The molecule has 0 saturated carbocycles. The minimum absolute atomic E-state index is 0.0255. The molecular formula is C16H23N3O5S2. The van der Waals surface area contributed by atoms with Crippen molar-refractivity contribution >= 4 is 31.5 Å². The molecule has 0 spiro atoms. The van der Waals surface area contributed by atoms with Crippen LogP contribution in [0.25, 0.3) is 0 Å². The summed E-state index contributed by atoms with van der Waals surface area (Å²) < 4.78 is 49.5. The molecule has 2 fully saturated rings. The van der Waals surface area contributed by atoms with E-state index in [1.807, 2.05) is 0 Å². The molecule has 0 radical (unpaired) electrons. The molecule has 1 atom stereocenters. The standard InChI is InChI=1S/C16H23N3O5S2/c20-16(18-14-6-9-25(21,22)12-14)11-17-13-4-3-5-15(10-13)26(23,24)19-7-1-2-8-19/h3-5,10,14,17H,1-2,6-9,11-12H2,(H,18,20). The predicted molar refractivity (Wildman–Crippen MR) is 98.1 cm³/mol. The zero-order chi connectivity index (χ0) is 18.8. The molecule has 1 aromatic carbocycles. The highest BCUT2D eigenvalue weighted by Crippen LogP contribution is 2.23. The molecule has 26 heavy (non-hydrogen) atoms. The topological polar surface area (TPSA) is 113 Å². The minimum atomic E-state index is -3.51. The van der Waals surface area contributed by atoms with Crippen molar-refractivity contribution in [1.82, 2.24) is 9.62 Å². The van der Waals surface area contributed by atoms with Crippen LogP contribution in [-0.4, -0.2) is 64.2 Å². The van der Waals surface area contributed by atoms with Gasteiger partial charge in [0.05, 0.1) is 22.9 Å². The van der Waals surface area contributed by atoms with Crippen LogP contribution in [0, 0.1) is 0 Å². The fourth-order valence-electron chi connectivity index (χ4n) is 3.21. The molecule has 1 aromatic rings. The lowest BCUT2D eigenvalue weighted by molar-refractivity contribution is -0.119. The Morgan fingerprint density at radius 3 is 2.62 bits per heavy atom. The fraction of sp³-hybridized carbons (Fsp3) is 0.562. The van der Waals surface area contributed by atoms with Gasteiger partial charge in [-0.1, -0.05) is 6.07 Å². The summed E-state index contributed by atoms with van der Waals surface area (Å²) in [5.74, 6) is -0.246. The molecule has 2 N–H and O–H groups in total. The van der Waals surface area contributed by atoms with E-state index in [0.29, 0.717) is 25.2 Å². The van der Waals surface area contributed by atoms with Gasteiger partial charge in [0.25, 0.3) is 0 Å². The van der Waals surface area contributed by atoms with Gasteiger partial charge in [-0.3, -0.25) is 4.79 Å². The average Bonchev–Trinajstić information content (AvgIpc) is 3.23. The quantitative estimate of drug-likeness (QED) is 0.703. The highest BCUT2D eigenvalue weighted by atomic mass is 32.2. The Bertz CT molecular complexity index is 877. The second-order valence-corrected chi connectivity index (χ2v) is 10.8. The van der Waals surface area contributed by atoms with E-state index in [1.54, 1.807) is 18.2 Å². The van der Waals surface area contributed by atoms with Crippen LogP contribution < -0.4 is 10.6 Å². The number of hydrogen-bond donors (Lipinski definition) is 2. The van der Waals surface area contributed by atoms with Crippen LogP contribution in [0.5, 0.6) is 0 Å². The van der Waals surface area contributed by atoms with Gasteiger partial charge < -0.3 is 10.6 Å². The van der Waals surface area contributed by atoms with Gasteiger partial charge in [-0.05, 0) is 37.5 Å². The van der Waals surface area contributed by atoms with Crippen LogP contribution in [0.4, 0.5) is 5.69 Å². The summed E-state index contributed by atoms with van der Waals surface area (Å²) in [4.78, 5) is 12.2. The van der Waals surface area contributed by atoms with Crippen molar-refractivity contribution in [1.29, 1.82) is 0 Å². The maximum atomic E-state index is 12.6. The number of benzene rings is 1. The van der Waals surface area contributed by atoms with Crippen molar-refractivity contribution in [3.63, 3.8) is 0 Å². The number of anilines is 1. The van der Waals surface area contributed by atoms with E-state index < -0.39 is 19.9 Å². The second kappa shape index (κ2) is 7.53. The molecule has 2 aliphatic heterocycles. The van der Waals surface area contributed by atoms with E-state index in [-0.39, 0.29) is 34.9 Å². The number of hydrogen-bond acceptors (Lipinski definition) is 6. The van der Waals surface area contributed by atoms with E-state index >= 15 is 0 Å². The first-order chi connectivity index (χ1) is 12.3. The minimum Gasteiger partial charge on any atom is -0.376 e. The molecule has 0 aliphatic carbocycles. The van der Waals surface area contributed by atoms with E-state index in [2.05, 4.69) is 10.6 Å². The lowest BCUT2D eigenvalue weighted by Gasteiger charge is -2.16. The Morgan fingerprint density at radius 1 is 1.23 bits per heavy atom. The van der Waals surface area contributed by atoms with Gasteiger partial charge in [0.15, 0.2) is 9.84 Å². The first kappa shape index (κ1) is 19.1. The number of carbonyl (C=O) groups excluding carboxylic acids is 1. The van der Waals surface area contributed by atoms with Gasteiger partial charge in [-0.2, -0.15) is 4.31 Å². The molecular weight excluding hydrogens is 378 g/mol. The molecule has 2 aliphatic rings. The fourth-order valence-corrected chi connectivity index (χ4v) is 6.45. The van der Waals surface area contributed by atoms with Crippen LogP contribution in [0.1, 0.15) is 19.3 Å². The maximum Gasteiger partial charge on any atom is 0.243 e. The Morgan fingerprint density at radius 2 is 1.96 bits per heavy atom. The average molecular weight is 402 g/mol. The lowest BCUT2D eigenvalue weighted by atomic mass is 10.2. The van der Waals surface area contributed by atoms with Gasteiger partial charge in [-0.25, -0.2) is 16.8 Å². The zero-order valence-electron chi connectivity index (χ0n) is 14.3. The molecule has 3 rings (SSSR count). The van der Waals surface area contributed by atoms with Gasteiger partial charge in [-0.15, -0.1) is 0 Å². The zero-order valence-corrected chi connectivity index (χ0v) is 16.0. The third kappa shape index (κ3) is 4.54. The summed E-state index contributed by atoms with van der Waals surface area (Å²) in [6, 6.07) is 6.03. The van der Waals surface area contributed by atoms with Gasteiger partial charge >= 0.3 is 0 Å². The van der Waals surface area contributed by atoms with Gasteiger partial charge in [0, 0.05) is 24.8 Å². The molecule has 10 heteroatoms. The summed E-state index contributed by atoms with van der Waals surface area (Å²) in [6.07, 6.45) is 2.17. The maximum absolute atomic E-state index is 12.6. The third-order valence-corrected chi connectivity index (χ3v) is 8.25. The second-order valence-electron chi connectivity index (χ2n) is 6.66. The van der Waals surface area contributed by atoms with Crippen molar-refractivity contribution in [3.05, 3.63) is 24.3 Å². The number of sulfone groups is 1. The van der Waals surface area contributed by atoms with E-state index in [9.17, 15) is 21.6 Å². The number of amides is 1. The summed E-state index contributed by atoms with van der Waals surface area (Å²) in [6.45, 7) is 1.02. The normalized spacial score (nSPS) is 23.0. The monoisotopic (exact) mass is 401 g/mol. The van der Waals surface area contributed by atoms with Crippen molar-refractivity contribution in [3.8, 4) is 0 Å². The van der Waals surface area contributed by atoms with Crippen molar-refractivity contribution < 1.29 is 21.6 Å². The number of carbonyl (C=O) groups is 1. The predicted octanol–water partition coefficient (Wildman–Crippen LogP) is 0.186. The van der Waals surface area contributed by atoms with E-state index in [1.165, 1.54) is 10.4 Å². The van der Waals surface area contributed by atoms with E-state index in [4.69, 9.17) is 0 Å². The van der Waals surface area contributed by atoms with Crippen LogP contribution in [0.15, 0.2) is 29.2 Å². The number of nitrogens with zero attached hydrogens (tertiary/aromatic N) is 1. The molecule has 1 amide bonds. The Balaban J connectivity index is 1.58. The Labute approximate surface area is 153 Å². The summed E-state index contributed by atoms with van der Waals surface area (Å²) in [5, 5.41) is 5.58. The number of sulfonamides is 1. The molecule has 144 valence electrons. The number of nitrogens with one attached hydrogen (secondary N) is 2. The van der Waals surface area contributed by atoms with Crippen molar-refractivity contribution in [2.45, 2.75) is 30.2 Å². The van der Waals surface area contributed by atoms with Crippen LogP contribution in [0.3, 0.4) is 0 Å². The lowest BCUT2D eigenvalue weighted by Crippen LogP contribution is -2.39. The van der Waals surface area contributed by atoms with Gasteiger partial charge in [0.2, 0.25) is 15.9 Å². The first-order valence-corrected chi connectivity index (χ1v) is 11.9. The number of rotatable bonds is 6. The Hall–Kier alpha value is -1.65. The van der Waals surface area contributed by atoms with Crippen LogP contribution in [0.2, 0.25) is 0 Å². The molecule has 2 heterocycles. The van der Waals surface area contributed by atoms with Crippen molar-refractivity contribution in [2.75, 3.05) is 36.5 Å². The Kier molecular flexibility index (Phi) is 5.54. The first-order valence-electron chi connectivity index (χ1n) is 8.60. The summed E-state index contributed by atoms with van der Waals surface area (Å²) in [7, 11) is -6.55. The van der Waals surface area contributed by atoms with Crippen molar-refractivity contribution in [2.24, 2.45) is 0 Å². The molecule has 1 unspecified atom stereocenters. The summed E-state index contributed by atoms with van der Waals surface area (Å²) >= 11 is 0. The largest absolute Gasteiger partial charge is 0.376 e. The molecule has 0 aromatic heterocycles. The summed E-state index contributed by atoms with van der Waals surface area (Å²) in [5.41, 5.74) is 0.527. The van der Waals surface area contributed by atoms with Gasteiger partial charge in [0.1, 0.15) is 0 Å². The SMILES string of the molecule is O=C(CNc1cccc(S(=O)(=O)N2CCCC2)c1)NC1CCS(=O)(=O)C1. The smallest absolute Gasteiger partial charge is 0.243 e. The molecule has 2 saturated heterocycles. The highest BCUT2D eigenvalue weighted by Gasteiger charge is 2.29. The highest BCUT2D eigenvalue weighted by molar-refractivity contribution is 7.91. The van der Waals surface area contributed by atoms with Crippen LogP contribution in [-0.2, 0) is 24.7 Å². The molecule has 8 nitrogen and oxygen atoms in total. The molecule has 0 bridgehead atoms.